The van der Waals surface area contributed by atoms with Crippen LogP contribution in [0.1, 0.15) is 16.0 Å². The van der Waals surface area contributed by atoms with Crippen LogP contribution in [0.15, 0.2) is 53.6 Å². The van der Waals surface area contributed by atoms with Crippen LogP contribution in [-0.4, -0.2) is 24.1 Å². The van der Waals surface area contributed by atoms with Gasteiger partial charge in [0, 0.05) is 27.9 Å². The molecule has 5 rings (SSSR count). The third kappa shape index (κ3) is 2.85. The second-order valence-corrected chi connectivity index (χ2v) is 8.45. The zero-order valence-electron chi connectivity index (χ0n) is 15.8. The molecule has 8 heteroatoms. The predicted molar refractivity (Wildman–Crippen MR) is 116 cm³/mol. The fourth-order valence-electron chi connectivity index (χ4n) is 3.42. The number of rotatable bonds is 3. The summed E-state index contributed by atoms with van der Waals surface area (Å²) in [5.74, 6) is 0.482. The lowest BCUT2D eigenvalue weighted by atomic mass is 10.2. The molecule has 6 nitrogen and oxygen atoms in total. The van der Waals surface area contributed by atoms with Crippen LogP contribution in [0, 0.1) is 13.8 Å². The molecule has 5 aromatic rings. The zero-order valence-corrected chi connectivity index (χ0v) is 17.3. The first-order valence-corrected chi connectivity index (χ1v) is 10.3. The van der Waals surface area contributed by atoms with Crippen molar-refractivity contribution < 1.29 is 0 Å². The second kappa shape index (κ2) is 6.79. The highest BCUT2D eigenvalue weighted by Gasteiger charge is 2.20. The van der Waals surface area contributed by atoms with Crippen molar-refractivity contribution in [2.75, 3.05) is 0 Å². The summed E-state index contributed by atoms with van der Waals surface area (Å²) in [7, 11) is 0. The molecule has 0 radical (unpaired) electrons. The van der Waals surface area contributed by atoms with Crippen LogP contribution in [0.3, 0.4) is 0 Å². The van der Waals surface area contributed by atoms with E-state index in [-0.39, 0.29) is 5.69 Å². The number of thiophene rings is 1. The van der Waals surface area contributed by atoms with Crippen molar-refractivity contribution in [3.05, 3.63) is 80.3 Å². The molecule has 0 N–H and O–H groups in total. The first kappa shape index (κ1) is 18.0. The van der Waals surface area contributed by atoms with E-state index in [0.29, 0.717) is 23.0 Å². The summed E-state index contributed by atoms with van der Waals surface area (Å²) in [4.78, 5) is 24.2. The van der Waals surface area contributed by atoms with Crippen molar-refractivity contribution in [1.82, 2.24) is 24.1 Å². The van der Waals surface area contributed by atoms with E-state index in [1.807, 2.05) is 36.4 Å². The molecule has 0 saturated heterocycles. The van der Waals surface area contributed by atoms with E-state index in [0.717, 1.165) is 31.8 Å². The average Bonchev–Trinajstić information content (AvgIpc) is 3.29. The first-order chi connectivity index (χ1) is 14.0. The van der Waals surface area contributed by atoms with Crippen LogP contribution in [0.5, 0.6) is 0 Å². The number of halogens is 1. The van der Waals surface area contributed by atoms with Crippen LogP contribution in [0.4, 0.5) is 0 Å². The van der Waals surface area contributed by atoms with Gasteiger partial charge in [0.05, 0.1) is 11.9 Å². The molecular formula is C21H16ClN5OS. The Bertz CT molecular complexity index is 1430. The van der Waals surface area contributed by atoms with E-state index >= 15 is 0 Å². The molecule has 29 heavy (non-hydrogen) atoms. The van der Waals surface area contributed by atoms with E-state index in [2.05, 4.69) is 23.9 Å². The third-order valence-corrected chi connectivity index (χ3v) is 6.66. The lowest BCUT2D eigenvalue weighted by molar-refractivity contribution is 0.720. The fraction of sp³-hybridized carbons (Fsp3) is 0.143. The summed E-state index contributed by atoms with van der Waals surface area (Å²) in [6.45, 7) is 4.47. The van der Waals surface area contributed by atoms with Crippen molar-refractivity contribution >= 4 is 38.8 Å². The highest BCUT2D eigenvalue weighted by molar-refractivity contribution is 7.19. The Morgan fingerprint density at radius 2 is 1.97 bits per heavy atom. The maximum atomic E-state index is 13.4. The monoisotopic (exact) mass is 421 g/mol. The van der Waals surface area contributed by atoms with Gasteiger partial charge in [-0.05, 0) is 43.2 Å². The number of hydrogen-bond donors (Lipinski definition) is 0. The van der Waals surface area contributed by atoms with Gasteiger partial charge in [0.2, 0.25) is 0 Å². The Labute approximate surface area is 175 Å². The van der Waals surface area contributed by atoms with Gasteiger partial charge in [0.25, 0.3) is 0 Å². The predicted octanol–water partition coefficient (Wildman–Crippen LogP) is 4.49. The maximum Gasteiger partial charge on any atom is 0.352 e. The van der Waals surface area contributed by atoms with E-state index in [4.69, 9.17) is 16.6 Å². The van der Waals surface area contributed by atoms with Gasteiger partial charge in [-0.1, -0.05) is 29.8 Å². The van der Waals surface area contributed by atoms with Gasteiger partial charge in [0.1, 0.15) is 4.83 Å². The van der Waals surface area contributed by atoms with Gasteiger partial charge in [0.15, 0.2) is 11.5 Å². The zero-order chi connectivity index (χ0) is 20.1. The summed E-state index contributed by atoms with van der Waals surface area (Å²) in [5.41, 5.74) is 3.09. The minimum Gasteiger partial charge on any atom is -0.278 e. The van der Waals surface area contributed by atoms with Gasteiger partial charge in [-0.25, -0.2) is 9.78 Å². The van der Waals surface area contributed by atoms with Gasteiger partial charge >= 0.3 is 5.69 Å². The number of fused-ring (bicyclic) bond motifs is 3. The van der Waals surface area contributed by atoms with Crippen LogP contribution in [0.25, 0.3) is 27.3 Å². The van der Waals surface area contributed by atoms with E-state index in [9.17, 15) is 4.79 Å². The van der Waals surface area contributed by atoms with E-state index in [1.165, 1.54) is 4.52 Å². The quantitative estimate of drug-likeness (QED) is 0.430. The summed E-state index contributed by atoms with van der Waals surface area (Å²) in [6, 6.07) is 11.3. The summed E-state index contributed by atoms with van der Waals surface area (Å²) < 4.78 is 3.12. The Morgan fingerprint density at radius 1 is 1.14 bits per heavy atom. The average molecular weight is 422 g/mol. The normalized spacial score (nSPS) is 11.6. The lowest BCUT2D eigenvalue weighted by Gasteiger charge is -2.10. The van der Waals surface area contributed by atoms with Crippen LogP contribution in [-0.2, 0) is 6.54 Å². The third-order valence-electron chi connectivity index (χ3n) is 5.06. The van der Waals surface area contributed by atoms with Crippen molar-refractivity contribution in [2.24, 2.45) is 0 Å². The molecule has 4 heterocycles. The number of hydrogen-bond acceptors (Lipinski definition) is 5. The SMILES string of the molecule is Cc1sc2c(c1C)c1nc(-c3cccnc3)nn1c(=O)n2Cc1ccccc1Cl. The second-order valence-electron chi connectivity index (χ2n) is 6.84. The Kier molecular flexibility index (Phi) is 4.22. The highest BCUT2D eigenvalue weighted by Crippen LogP contribution is 2.33. The molecule has 0 atom stereocenters. The molecular weight excluding hydrogens is 406 g/mol. The Balaban J connectivity index is 1.83. The van der Waals surface area contributed by atoms with Crippen LogP contribution >= 0.6 is 22.9 Å². The van der Waals surface area contributed by atoms with Crippen LogP contribution < -0.4 is 5.69 Å². The molecule has 0 saturated carbocycles. The highest BCUT2D eigenvalue weighted by atomic mass is 35.5. The Morgan fingerprint density at radius 3 is 2.72 bits per heavy atom. The number of aryl methyl sites for hydroxylation is 2. The van der Waals surface area contributed by atoms with Crippen LogP contribution in [0.2, 0.25) is 5.02 Å². The first-order valence-electron chi connectivity index (χ1n) is 9.07. The van der Waals surface area contributed by atoms with Gasteiger partial charge in [-0.3, -0.25) is 9.55 Å². The molecule has 0 bridgehead atoms. The van der Waals surface area contributed by atoms with Crippen molar-refractivity contribution in [1.29, 1.82) is 0 Å². The number of nitrogens with zero attached hydrogens (tertiary/aromatic N) is 5. The molecule has 144 valence electrons. The largest absolute Gasteiger partial charge is 0.352 e. The van der Waals surface area contributed by atoms with Gasteiger partial charge in [-0.2, -0.15) is 4.52 Å². The fourth-order valence-corrected chi connectivity index (χ4v) is 4.76. The summed E-state index contributed by atoms with van der Waals surface area (Å²) in [6.07, 6.45) is 3.39. The molecule has 4 aromatic heterocycles. The summed E-state index contributed by atoms with van der Waals surface area (Å²) >= 11 is 7.95. The Hall–Kier alpha value is -3.03. The molecule has 0 spiro atoms. The topological polar surface area (TPSA) is 65.1 Å². The minimum absolute atomic E-state index is 0.240. The molecule has 0 aliphatic heterocycles. The van der Waals surface area contributed by atoms with Crippen molar-refractivity contribution in [3.8, 4) is 11.4 Å². The van der Waals surface area contributed by atoms with E-state index in [1.54, 1.807) is 28.3 Å². The maximum absolute atomic E-state index is 13.4. The van der Waals surface area contributed by atoms with E-state index < -0.39 is 0 Å². The van der Waals surface area contributed by atoms with Gasteiger partial charge in [-0.15, -0.1) is 16.4 Å². The molecule has 1 aromatic carbocycles. The number of pyridine rings is 1. The van der Waals surface area contributed by atoms with Gasteiger partial charge < -0.3 is 0 Å². The lowest BCUT2D eigenvalue weighted by Crippen LogP contribution is -2.28. The molecule has 0 aliphatic carbocycles. The van der Waals surface area contributed by atoms with Crippen molar-refractivity contribution in [3.63, 3.8) is 0 Å². The standard InChI is InChI=1S/C21H16ClN5OS/c1-12-13(2)29-20-17(12)19-24-18(14-7-5-9-23-10-14)25-27(19)21(28)26(20)11-15-6-3-4-8-16(15)22/h3-10H,11H2,1-2H3. The molecule has 0 amide bonds. The smallest absolute Gasteiger partial charge is 0.278 e. The summed E-state index contributed by atoms with van der Waals surface area (Å²) in [5, 5.41) is 6.09. The minimum atomic E-state index is -0.240. The number of aromatic nitrogens is 5. The molecule has 0 aliphatic rings. The number of benzene rings is 1. The molecule has 0 fully saturated rings. The van der Waals surface area contributed by atoms with Crippen molar-refractivity contribution in [2.45, 2.75) is 20.4 Å². The molecule has 0 unspecified atom stereocenters.